The number of nitrogens with zero attached hydrogens (tertiary/aromatic N) is 2. The summed E-state index contributed by atoms with van der Waals surface area (Å²) in [7, 11) is -3.37. The largest absolute Gasteiger partial charge is 0.401 e. The zero-order chi connectivity index (χ0) is 18.7. The number of sulfone groups is 1. The maximum atomic E-state index is 12.3. The predicted octanol–water partition coefficient (Wildman–Crippen LogP) is 1.21. The lowest BCUT2D eigenvalue weighted by atomic mass is 10.3. The van der Waals surface area contributed by atoms with Gasteiger partial charge in [-0.25, -0.2) is 8.42 Å². The van der Waals surface area contributed by atoms with E-state index in [1.54, 1.807) is 11.0 Å². The lowest BCUT2D eigenvalue weighted by Gasteiger charge is -2.34. The van der Waals surface area contributed by atoms with E-state index in [1.807, 2.05) is 0 Å². The normalized spacial score (nSPS) is 17.4. The van der Waals surface area contributed by atoms with E-state index in [4.69, 9.17) is 0 Å². The summed E-state index contributed by atoms with van der Waals surface area (Å²) in [4.78, 5) is 15.2. The van der Waals surface area contributed by atoms with Gasteiger partial charge in [-0.2, -0.15) is 13.2 Å². The first-order valence-electron chi connectivity index (χ1n) is 7.64. The Morgan fingerprint density at radius 1 is 1.16 bits per heavy atom. The van der Waals surface area contributed by atoms with Crippen LogP contribution in [0.3, 0.4) is 0 Å². The van der Waals surface area contributed by atoms with Crippen LogP contribution >= 0.6 is 0 Å². The summed E-state index contributed by atoms with van der Waals surface area (Å²) < 4.78 is 60.1. The van der Waals surface area contributed by atoms with Crippen molar-refractivity contribution in [3.63, 3.8) is 0 Å². The molecular weight excluding hydrogens is 359 g/mol. The van der Waals surface area contributed by atoms with Crippen LogP contribution in [0.25, 0.3) is 0 Å². The number of rotatable bonds is 5. The standard InChI is InChI=1S/C15H20F3N3O3S/c1-25(23,24)13-4-2-3-12(9-13)19-14(22)10-20-5-7-21(8-6-20)11-15(16,17)18/h2-4,9H,5-8,10-11H2,1H3,(H,19,22). The summed E-state index contributed by atoms with van der Waals surface area (Å²) in [5, 5.41) is 2.61. The van der Waals surface area contributed by atoms with Gasteiger partial charge in [0.25, 0.3) is 0 Å². The van der Waals surface area contributed by atoms with Crippen LogP contribution in [0.1, 0.15) is 0 Å². The SMILES string of the molecule is CS(=O)(=O)c1cccc(NC(=O)CN2CCN(CC(F)(F)F)CC2)c1. The summed E-state index contributed by atoms with van der Waals surface area (Å²) in [6.07, 6.45) is -3.14. The Balaban J connectivity index is 1.84. The van der Waals surface area contributed by atoms with E-state index in [0.717, 1.165) is 6.26 Å². The molecule has 1 amide bonds. The molecule has 0 bridgehead atoms. The molecule has 0 aromatic heterocycles. The second kappa shape index (κ2) is 7.71. The zero-order valence-electron chi connectivity index (χ0n) is 13.7. The summed E-state index contributed by atoms with van der Waals surface area (Å²) in [5.41, 5.74) is 0.364. The Labute approximate surface area is 144 Å². The fourth-order valence-electron chi connectivity index (χ4n) is 2.57. The molecule has 0 radical (unpaired) electrons. The molecule has 0 unspecified atom stereocenters. The maximum Gasteiger partial charge on any atom is 0.401 e. The Morgan fingerprint density at radius 3 is 2.32 bits per heavy atom. The van der Waals surface area contributed by atoms with Crippen molar-refractivity contribution in [1.29, 1.82) is 0 Å². The number of hydrogen-bond donors (Lipinski definition) is 1. The molecule has 1 aromatic carbocycles. The van der Waals surface area contributed by atoms with Crippen LogP contribution in [0.15, 0.2) is 29.2 Å². The molecule has 140 valence electrons. The van der Waals surface area contributed by atoms with Crippen LogP contribution in [0.2, 0.25) is 0 Å². The smallest absolute Gasteiger partial charge is 0.325 e. The number of carbonyl (C=O) groups is 1. The van der Waals surface area contributed by atoms with Gasteiger partial charge in [-0.05, 0) is 18.2 Å². The number of nitrogens with one attached hydrogen (secondary N) is 1. The van der Waals surface area contributed by atoms with Crippen LogP contribution in [0, 0.1) is 0 Å². The van der Waals surface area contributed by atoms with Crippen LogP contribution in [-0.2, 0) is 14.6 Å². The van der Waals surface area contributed by atoms with E-state index in [1.165, 1.54) is 23.1 Å². The number of anilines is 1. The summed E-state index contributed by atoms with van der Waals surface area (Å²) in [6, 6.07) is 5.91. The number of alkyl halides is 3. The molecule has 0 aliphatic carbocycles. The molecule has 1 aliphatic heterocycles. The highest BCUT2D eigenvalue weighted by atomic mass is 32.2. The van der Waals surface area contributed by atoms with Gasteiger partial charge >= 0.3 is 6.18 Å². The van der Waals surface area contributed by atoms with Gasteiger partial charge in [0.05, 0.1) is 18.0 Å². The zero-order valence-corrected chi connectivity index (χ0v) is 14.5. The molecule has 0 spiro atoms. The van der Waals surface area contributed by atoms with Crippen LogP contribution in [0.5, 0.6) is 0 Å². The highest BCUT2D eigenvalue weighted by Crippen LogP contribution is 2.18. The van der Waals surface area contributed by atoms with E-state index < -0.39 is 22.6 Å². The van der Waals surface area contributed by atoms with E-state index in [0.29, 0.717) is 18.8 Å². The Bertz CT molecular complexity index is 714. The molecule has 1 saturated heterocycles. The molecule has 1 aliphatic rings. The molecule has 1 N–H and O–H groups in total. The third-order valence-electron chi connectivity index (χ3n) is 3.78. The molecule has 1 aromatic rings. The van der Waals surface area contributed by atoms with Crippen LogP contribution in [0.4, 0.5) is 18.9 Å². The molecule has 1 heterocycles. The van der Waals surface area contributed by atoms with Crippen molar-refractivity contribution < 1.29 is 26.4 Å². The molecule has 6 nitrogen and oxygen atoms in total. The summed E-state index contributed by atoms with van der Waals surface area (Å²) in [5.74, 6) is -0.338. The minimum Gasteiger partial charge on any atom is -0.325 e. The second-order valence-electron chi connectivity index (χ2n) is 6.02. The van der Waals surface area contributed by atoms with Crippen molar-refractivity contribution in [3.05, 3.63) is 24.3 Å². The first kappa shape index (κ1) is 19.7. The van der Waals surface area contributed by atoms with Crippen molar-refractivity contribution in [2.45, 2.75) is 11.1 Å². The molecule has 0 atom stereocenters. The third kappa shape index (κ3) is 6.63. The lowest BCUT2D eigenvalue weighted by Crippen LogP contribution is -2.50. The van der Waals surface area contributed by atoms with Gasteiger partial charge in [-0.3, -0.25) is 14.6 Å². The minimum atomic E-state index is -4.22. The Morgan fingerprint density at radius 2 is 1.76 bits per heavy atom. The van der Waals surface area contributed by atoms with Gasteiger partial charge in [-0.15, -0.1) is 0 Å². The fraction of sp³-hybridized carbons (Fsp3) is 0.533. The van der Waals surface area contributed by atoms with Crippen molar-refractivity contribution in [1.82, 2.24) is 9.80 Å². The van der Waals surface area contributed by atoms with E-state index in [-0.39, 0.29) is 30.4 Å². The van der Waals surface area contributed by atoms with Crippen LogP contribution in [-0.4, -0.2) is 75.8 Å². The molecule has 25 heavy (non-hydrogen) atoms. The van der Waals surface area contributed by atoms with Gasteiger partial charge < -0.3 is 5.32 Å². The van der Waals surface area contributed by atoms with Gasteiger partial charge in [0.15, 0.2) is 9.84 Å². The van der Waals surface area contributed by atoms with Crippen molar-refractivity contribution >= 4 is 21.4 Å². The number of amides is 1. The predicted molar refractivity (Wildman–Crippen MR) is 87.1 cm³/mol. The number of piperazine rings is 1. The van der Waals surface area contributed by atoms with Gasteiger partial charge in [0.2, 0.25) is 5.91 Å². The quantitative estimate of drug-likeness (QED) is 0.833. The second-order valence-corrected chi connectivity index (χ2v) is 8.03. The number of benzene rings is 1. The monoisotopic (exact) mass is 379 g/mol. The van der Waals surface area contributed by atoms with Gasteiger partial charge in [-0.1, -0.05) is 6.07 Å². The Kier molecular flexibility index (Phi) is 6.07. The number of carbonyl (C=O) groups excluding carboxylic acids is 1. The minimum absolute atomic E-state index is 0.0446. The first-order valence-corrected chi connectivity index (χ1v) is 9.53. The molecule has 0 saturated carbocycles. The van der Waals surface area contributed by atoms with Crippen molar-refractivity contribution in [3.8, 4) is 0 Å². The van der Waals surface area contributed by atoms with Gasteiger partial charge in [0, 0.05) is 38.1 Å². The maximum absolute atomic E-state index is 12.3. The topological polar surface area (TPSA) is 69.7 Å². The van der Waals surface area contributed by atoms with Crippen molar-refractivity contribution in [2.75, 3.05) is 50.8 Å². The molecular formula is C15H20F3N3O3S. The summed E-state index contributed by atoms with van der Waals surface area (Å²) in [6.45, 7) is 0.334. The third-order valence-corrected chi connectivity index (χ3v) is 4.89. The van der Waals surface area contributed by atoms with E-state index in [9.17, 15) is 26.4 Å². The van der Waals surface area contributed by atoms with E-state index in [2.05, 4.69) is 5.32 Å². The van der Waals surface area contributed by atoms with Crippen molar-refractivity contribution in [2.24, 2.45) is 0 Å². The van der Waals surface area contributed by atoms with Gasteiger partial charge in [0.1, 0.15) is 0 Å². The lowest BCUT2D eigenvalue weighted by molar-refractivity contribution is -0.149. The molecule has 10 heteroatoms. The molecule has 1 fully saturated rings. The molecule has 2 rings (SSSR count). The number of halogens is 3. The highest BCUT2D eigenvalue weighted by molar-refractivity contribution is 7.90. The first-order chi connectivity index (χ1) is 11.5. The fourth-order valence-corrected chi connectivity index (χ4v) is 3.23. The average molecular weight is 379 g/mol. The number of hydrogen-bond acceptors (Lipinski definition) is 5. The summed E-state index contributed by atoms with van der Waals surface area (Å²) >= 11 is 0. The van der Waals surface area contributed by atoms with Crippen LogP contribution < -0.4 is 5.32 Å². The Hall–Kier alpha value is -1.65. The average Bonchev–Trinajstić information content (AvgIpc) is 2.47. The highest BCUT2D eigenvalue weighted by Gasteiger charge is 2.32. The van der Waals surface area contributed by atoms with E-state index >= 15 is 0 Å².